The van der Waals surface area contributed by atoms with Crippen LogP contribution in [0.2, 0.25) is 0 Å². The van der Waals surface area contributed by atoms with Crippen LogP contribution in [0.1, 0.15) is 16.1 Å². The topological polar surface area (TPSA) is 51.2 Å². The average molecular weight is 324 g/mol. The van der Waals surface area contributed by atoms with Crippen LogP contribution in [-0.4, -0.2) is 18.0 Å². The third-order valence-electron chi connectivity index (χ3n) is 3.36. The van der Waals surface area contributed by atoms with E-state index in [0.717, 1.165) is 16.1 Å². The molecule has 0 aliphatic carbocycles. The number of nitrogens with zero attached hydrogens (tertiary/aromatic N) is 1. The zero-order valence-electron chi connectivity index (χ0n) is 12.9. The largest absolute Gasteiger partial charge is 0.495 e. The standard InChI is InChI=1S/C18H16N2O2S/c1-12-8-9-16(22-2)14(10-12)19-17(21)15-11-23-18(20-15)13-6-4-3-5-7-13/h3-11H,1-2H3,(H,19,21). The van der Waals surface area contributed by atoms with Crippen molar-refractivity contribution in [3.63, 3.8) is 0 Å². The predicted octanol–water partition coefficient (Wildman–Crippen LogP) is 4.38. The van der Waals surface area contributed by atoms with Crippen LogP contribution in [-0.2, 0) is 0 Å². The lowest BCUT2D eigenvalue weighted by atomic mass is 10.2. The first-order chi connectivity index (χ1) is 11.2. The molecule has 0 atom stereocenters. The van der Waals surface area contributed by atoms with E-state index >= 15 is 0 Å². The molecule has 0 bridgehead atoms. The van der Waals surface area contributed by atoms with Gasteiger partial charge in [0.15, 0.2) is 0 Å². The first-order valence-corrected chi connectivity index (χ1v) is 8.02. The number of nitrogens with one attached hydrogen (secondary N) is 1. The lowest BCUT2D eigenvalue weighted by Crippen LogP contribution is -2.13. The van der Waals surface area contributed by atoms with Gasteiger partial charge in [-0.1, -0.05) is 36.4 Å². The van der Waals surface area contributed by atoms with E-state index in [9.17, 15) is 4.79 Å². The van der Waals surface area contributed by atoms with E-state index in [0.29, 0.717) is 17.1 Å². The molecule has 1 aromatic heterocycles. The Labute approximate surface area is 138 Å². The van der Waals surface area contributed by atoms with Gasteiger partial charge in [0.2, 0.25) is 0 Å². The summed E-state index contributed by atoms with van der Waals surface area (Å²) in [5.74, 6) is 0.384. The molecule has 0 fully saturated rings. The van der Waals surface area contributed by atoms with Gasteiger partial charge in [0, 0.05) is 10.9 Å². The molecule has 0 saturated carbocycles. The van der Waals surface area contributed by atoms with Crippen molar-refractivity contribution in [3.8, 4) is 16.3 Å². The molecule has 5 heteroatoms. The van der Waals surface area contributed by atoms with Crippen LogP contribution in [0.4, 0.5) is 5.69 Å². The van der Waals surface area contributed by atoms with Gasteiger partial charge in [-0.15, -0.1) is 11.3 Å². The van der Waals surface area contributed by atoms with Crippen molar-refractivity contribution >= 4 is 22.9 Å². The summed E-state index contributed by atoms with van der Waals surface area (Å²) in [6, 6.07) is 15.5. The van der Waals surface area contributed by atoms with Crippen molar-refractivity contribution in [2.24, 2.45) is 0 Å². The van der Waals surface area contributed by atoms with Crippen LogP contribution >= 0.6 is 11.3 Å². The van der Waals surface area contributed by atoms with Gasteiger partial charge in [0.25, 0.3) is 5.91 Å². The second-order valence-electron chi connectivity index (χ2n) is 5.06. The number of methoxy groups -OCH3 is 1. The number of aryl methyl sites for hydroxylation is 1. The second kappa shape index (κ2) is 6.62. The highest BCUT2D eigenvalue weighted by Gasteiger charge is 2.14. The Kier molecular flexibility index (Phi) is 4.39. The number of hydrogen-bond acceptors (Lipinski definition) is 4. The van der Waals surface area contributed by atoms with Gasteiger partial charge in [0.05, 0.1) is 12.8 Å². The second-order valence-corrected chi connectivity index (χ2v) is 5.92. The number of ether oxygens (including phenoxy) is 1. The minimum absolute atomic E-state index is 0.243. The van der Waals surface area contributed by atoms with Crippen LogP contribution < -0.4 is 10.1 Å². The minimum Gasteiger partial charge on any atom is -0.495 e. The average Bonchev–Trinajstić information content (AvgIpc) is 3.06. The van der Waals surface area contributed by atoms with Crippen molar-refractivity contribution in [1.82, 2.24) is 4.98 Å². The molecule has 4 nitrogen and oxygen atoms in total. The molecule has 1 amide bonds. The fraction of sp³-hybridized carbons (Fsp3) is 0.111. The number of thiazole rings is 1. The maximum atomic E-state index is 12.4. The molecule has 0 aliphatic rings. The quantitative estimate of drug-likeness (QED) is 0.775. The van der Waals surface area contributed by atoms with Crippen molar-refractivity contribution in [1.29, 1.82) is 0 Å². The Morgan fingerprint density at radius 3 is 2.70 bits per heavy atom. The lowest BCUT2D eigenvalue weighted by molar-refractivity contribution is 0.102. The zero-order valence-corrected chi connectivity index (χ0v) is 13.7. The van der Waals surface area contributed by atoms with Gasteiger partial charge in [-0.3, -0.25) is 4.79 Å². The van der Waals surface area contributed by atoms with Gasteiger partial charge in [-0.25, -0.2) is 4.98 Å². The lowest BCUT2D eigenvalue weighted by Gasteiger charge is -2.10. The summed E-state index contributed by atoms with van der Waals surface area (Å²) in [6.45, 7) is 1.96. The van der Waals surface area contributed by atoms with Gasteiger partial charge < -0.3 is 10.1 Å². The van der Waals surface area contributed by atoms with Crippen LogP contribution in [0.25, 0.3) is 10.6 Å². The zero-order chi connectivity index (χ0) is 16.2. The minimum atomic E-state index is -0.243. The van der Waals surface area contributed by atoms with E-state index in [2.05, 4.69) is 10.3 Å². The van der Waals surface area contributed by atoms with Crippen LogP contribution in [0, 0.1) is 6.92 Å². The third kappa shape index (κ3) is 3.40. The number of carbonyl (C=O) groups is 1. The van der Waals surface area contributed by atoms with Crippen LogP contribution in [0.5, 0.6) is 5.75 Å². The number of benzene rings is 2. The van der Waals surface area contributed by atoms with Gasteiger partial charge in [-0.05, 0) is 24.6 Å². The van der Waals surface area contributed by atoms with Gasteiger partial charge in [-0.2, -0.15) is 0 Å². The van der Waals surface area contributed by atoms with E-state index in [1.54, 1.807) is 12.5 Å². The Bertz CT molecular complexity index is 828. The predicted molar refractivity (Wildman–Crippen MR) is 93.2 cm³/mol. The molecule has 0 saturated heterocycles. The van der Waals surface area contributed by atoms with Crippen molar-refractivity contribution in [2.75, 3.05) is 12.4 Å². The van der Waals surface area contributed by atoms with Crippen LogP contribution in [0.15, 0.2) is 53.9 Å². The summed E-state index contributed by atoms with van der Waals surface area (Å²) in [6.07, 6.45) is 0. The fourth-order valence-corrected chi connectivity index (χ4v) is 3.00. The smallest absolute Gasteiger partial charge is 0.275 e. The van der Waals surface area contributed by atoms with E-state index < -0.39 is 0 Å². The summed E-state index contributed by atoms with van der Waals surface area (Å²) in [4.78, 5) is 16.8. The number of amides is 1. The summed E-state index contributed by atoms with van der Waals surface area (Å²) < 4.78 is 5.28. The van der Waals surface area contributed by atoms with Crippen molar-refractivity contribution in [2.45, 2.75) is 6.92 Å². The fourth-order valence-electron chi connectivity index (χ4n) is 2.20. The molecule has 2 aromatic carbocycles. The Hall–Kier alpha value is -2.66. The van der Waals surface area contributed by atoms with E-state index in [1.807, 2.05) is 55.5 Å². The molecule has 1 heterocycles. The molecule has 0 radical (unpaired) electrons. The Balaban J connectivity index is 1.82. The molecule has 23 heavy (non-hydrogen) atoms. The molecule has 116 valence electrons. The summed E-state index contributed by atoms with van der Waals surface area (Å²) in [7, 11) is 1.58. The molecule has 0 aliphatic heterocycles. The number of anilines is 1. The molecule has 0 spiro atoms. The monoisotopic (exact) mass is 324 g/mol. The number of aromatic nitrogens is 1. The molecule has 1 N–H and O–H groups in total. The van der Waals surface area contributed by atoms with Crippen molar-refractivity contribution < 1.29 is 9.53 Å². The van der Waals surface area contributed by atoms with Gasteiger partial charge >= 0.3 is 0 Å². The molecule has 3 aromatic rings. The highest BCUT2D eigenvalue weighted by molar-refractivity contribution is 7.13. The van der Waals surface area contributed by atoms with E-state index in [4.69, 9.17) is 4.74 Å². The third-order valence-corrected chi connectivity index (χ3v) is 4.25. The Morgan fingerprint density at radius 1 is 1.17 bits per heavy atom. The molecule has 0 unspecified atom stereocenters. The maximum Gasteiger partial charge on any atom is 0.275 e. The van der Waals surface area contributed by atoms with Gasteiger partial charge in [0.1, 0.15) is 16.5 Å². The summed E-state index contributed by atoms with van der Waals surface area (Å²) in [5.41, 5.74) is 3.10. The molecule has 3 rings (SSSR count). The van der Waals surface area contributed by atoms with Crippen LogP contribution in [0.3, 0.4) is 0 Å². The van der Waals surface area contributed by atoms with E-state index in [1.165, 1.54) is 11.3 Å². The summed E-state index contributed by atoms with van der Waals surface area (Å²) in [5, 5.41) is 5.45. The Morgan fingerprint density at radius 2 is 1.96 bits per heavy atom. The number of rotatable bonds is 4. The maximum absolute atomic E-state index is 12.4. The highest BCUT2D eigenvalue weighted by atomic mass is 32.1. The first kappa shape index (κ1) is 15.2. The normalized spacial score (nSPS) is 10.3. The first-order valence-electron chi connectivity index (χ1n) is 7.14. The molecular formula is C18H16N2O2S. The number of hydrogen-bond donors (Lipinski definition) is 1. The number of carbonyl (C=O) groups excluding carboxylic acids is 1. The highest BCUT2D eigenvalue weighted by Crippen LogP contribution is 2.27. The molecular weight excluding hydrogens is 308 g/mol. The van der Waals surface area contributed by atoms with E-state index in [-0.39, 0.29) is 5.91 Å². The summed E-state index contributed by atoms with van der Waals surface area (Å²) >= 11 is 1.45. The van der Waals surface area contributed by atoms with Crippen molar-refractivity contribution in [3.05, 3.63) is 65.2 Å². The SMILES string of the molecule is COc1ccc(C)cc1NC(=O)c1csc(-c2ccccc2)n1.